The standard InChI is InChI=1S/C9H10O4/c1-3-5-7-13-9(11)8(10)12-6-4-2/h1,4,6H,5,7H2,2H3. The van der Waals surface area contributed by atoms with Gasteiger partial charge in [-0.25, -0.2) is 9.59 Å². The molecule has 0 unspecified atom stereocenters. The molecule has 0 aliphatic carbocycles. The van der Waals surface area contributed by atoms with Crippen LogP contribution in [0.4, 0.5) is 0 Å². The number of ether oxygens (including phenoxy) is 2. The van der Waals surface area contributed by atoms with E-state index in [1.807, 2.05) is 0 Å². The second-order valence-electron chi connectivity index (χ2n) is 1.96. The maximum atomic E-state index is 10.7. The molecular weight excluding hydrogens is 172 g/mol. The van der Waals surface area contributed by atoms with Crippen molar-refractivity contribution in [3.63, 3.8) is 0 Å². The summed E-state index contributed by atoms with van der Waals surface area (Å²) in [5, 5.41) is 0. The number of rotatable bonds is 3. The number of hydrogen-bond donors (Lipinski definition) is 0. The molecule has 0 rings (SSSR count). The molecule has 4 heteroatoms. The lowest BCUT2D eigenvalue weighted by Crippen LogP contribution is -2.18. The molecule has 0 N–H and O–H groups in total. The Labute approximate surface area is 76.5 Å². The summed E-state index contributed by atoms with van der Waals surface area (Å²) >= 11 is 0. The molecule has 0 aromatic rings. The second-order valence-corrected chi connectivity index (χ2v) is 1.96. The van der Waals surface area contributed by atoms with E-state index >= 15 is 0 Å². The molecule has 0 atom stereocenters. The summed E-state index contributed by atoms with van der Waals surface area (Å²) in [6.45, 7) is 1.68. The predicted octanol–water partition coefficient (Wildman–Crippen LogP) is 0.630. The molecule has 0 fully saturated rings. The van der Waals surface area contributed by atoms with Crippen molar-refractivity contribution in [2.24, 2.45) is 0 Å². The van der Waals surface area contributed by atoms with Crippen molar-refractivity contribution < 1.29 is 19.1 Å². The van der Waals surface area contributed by atoms with E-state index in [2.05, 4.69) is 15.4 Å². The molecule has 0 heterocycles. The molecule has 13 heavy (non-hydrogen) atoms. The molecule has 70 valence electrons. The van der Waals surface area contributed by atoms with Crippen LogP contribution in [-0.2, 0) is 19.1 Å². The summed E-state index contributed by atoms with van der Waals surface area (Å²) in [4.78, 5) is 21.4. The van der Waals surface area contributed by atoms with Crippen molar-refractivity contribution in [2.75, 3.05) is 6.61 Å². The number of carbonyl (C=O) groups excluding carboxylic acids is 2. The van der Waals surface area contributed by atoms with Crippen LogP contribution >= 0.6 is 0 Å². The number of terminal acetylenes is 1. The minimum atomic E-state index is -1.05. The minimum absolute atomic E-state index is 0.0280. The fraction of sp³-hybridized carbons (Fsp3) is 0.333. The van der Waals surface area contributed by atoms with Crippen molar-refractivity contribution in [1.29, 1.82) is 0 Å². The summed E-state index contributed by atoms with van der Waals surface area (Å²) in [6.07, 6.45) is 7.76. The van der Waals surface area contributed by atoms with E-state index in [0.717, 1.165) is 6.26 Å². The lowest BCUT2D eigenvalue weighted by atomic mass is 10.5. The van der Waals surface area contributed by atoms with E-state index in [9.17, 15) is 9.59 Å². The zero-order valence-electron chi connectivity index (χ0n) is 7.28. The normalized spacial score (nSPS) is 9.23. The zero-order valence-corrected chi connectivity index (χ0v) is 7.28. The fourth-order valence-corrected chi connectivity index (χ4v) is 0.440. The quantitative estimate of drug-likeness (QED) is 0.211. The number of hydrogen-bond acceptors (Lipinski definition) is 4. The van der Waals surface area contributed by atoms with Crippen LogP contribution < -0.4 is 0 Å². The monoisotopic (exact) mass is 182 g/mol. The topological polar surface area (TPSA) is 52.6 Å². The Hall–Kier alpha value is -1.76. The summed E-state index contributed by atoms with van der Waals surface area (Å²) in [5.74, 6) is 0.182. The Bertz CT molecular complexity index is 247. The van der Waals surface area contributed by atoms with Gasteiger partial charge in [-0.15, -0.1) is 12.3 Å². The largest absolute Gasteiger partial charge is 0.456 e. The van der Waals surface area contributed by atoms with Crippen LogP contribution in [0, 0.1) is 12.3 Å². The van der Waals surface area contributed by atoms with E-state index in [-0.39, 0.29) is 13.0 Å². The van der Waals surface area contributed by atoms with E-state index in [1.165, 1.54) is 6.08 Å². The molecular formula is C9H10O4. The molecule has 0 spiro atoms. The van der Waals surface area contributed by atoms with Gasteiger partial charge in [0.15, 0.2) is 0 Å². The Kier molecular flexibility index (Phi) is 5.98. The first-order valence-corrected chi connectivity index (χ1v) is 3.64. The summed E-state index contributed by atoms with van der Waals surface area (Å²) < 4.78 is 8.79. The van der Waals surface area contributed by atoms with Crippen molar-refractivity contribution in [1.82, 2.24) is 0 Å². The third kappa shape index (κ3) is 5.50. The first-order valence-electron chi connectivity index (χ1n) is 3.64. The van der Waals surface area contributed by atoms with Gasteiger partial charge in [0.05, 0.1) is 6.26 Å². The highest BCUT2D eigenvalue weighted by atomic mass is 16.6. The first kappa shape index (κ1) is 11.2. The number of esters is 2. The average molecular weight is 182 g/mol. The highest BCUT2D eigenvalue weighted by Gasteiger charge is 2.15. The maximum absolute atomic E-state index is 10.7. The van der Waals surface area contributed by atoms with E-state index in [0.29, 0.717) is 0 Å². The molecule has 0 aromatic carbocycles. The van der Waals surface area contributed by atoms with Gasteiger partial charge in [0.1, 0.15) is 6.61 Å². The van der Waals surface area contributed by atoms with Gasteiger partial charge in [-0.05, 0) is 6.92 Å². The van der Waals surface area contributed by atoms with Gasteiger partial charge < -0.3 is 9.47 Å². The Morgan fingerprint density at radius 3 is 2.69 bits per heavy atom. The van der Waals surface area contributed by atoms with Gasteiger partial charge >= 0.3 is 11.9 Å². The molecule has 0 bridgehead atoms. The minimum Gasteiger partial charge on any atom is -0.456 e. The van der Waals surface area contributed by atoms with Crippen molar-refractivity contribution >= 4 is 11.9 Å². The predicted molar refractivity (Wildman–Crippen MR) is 45.3 cm³/mol. The molecule has 0 saturated carbocycles. The number of allylic oxidation sites excluding steroid dienone is 1. The average Bonchev–Trinajstić information content (AvgIpc) is 2.14. The Morgan fingerprint density at radius 1 is 1.46 bits per heavy atom. The second kappa shape index (κ2) is 6.92. The molecule has 0 aliphatic rings. The van der Waals surface area contributed by atoms with Crippen LogP contribution in [0.3, 0.4) is 0 Å². The van der Waals surface area contributed by atoms with Crippen LogP contribution in [0.1, 0.15) is 13.3 Å². The van der Waals surface area contributed by atoms with Crippen LogP contribution in [0.2, 0.25) is 0 Å². The van der Waals surface area contributed by atoms with E-state index in [1.54, 1.807) is 6.92 Å². The molecule has 0 radical (unpaired) electrons. The summed E-state index contributed by atoms with van der Waals surface area (Å²) in [6, 6.07) is 0. The lowest BCUT2D eigenvalue weighted by Gasteiger charge is -1.99. The van der Waals surface area contributed by atoms with Gasteiger partial charge in [-0.1, -0.05) is 6.08 Å². The Morgan fingerprint density at radius 2 is 2.15 bits per heavy atom. The summed E-state index contributed by atoms with van der Waals surface area (Å²) in [7, 11) is 0. The molecule has 0 aliphatic heterocycles. The van der Waals surface area contributed by atoms with E-state index < -0.39 is 11.9 Å². The van der Waals surface area contributed by atoms with Crippen molar-refractivity contribution in [3.8, 4) is 12.3 Å². The van der Waals surface area contributed by atoms with Crippen molar-refractivity contribution in [2.45, 2.75) is 13.3 Å². The van der Waals surface area contributed by atoms with Gasteiger partial charge in [-0.3, -0.25) is 0 Å². The van der Waals surface area contributed by atoms with Crippen molar-refractivity contribution in [3.05, 3.63) is 12.3 Å². The highest BCUT2D eigenvalue weighted by Crippen LogP contribution is 1.87. The fourth-order valence-electron chi connectivity index (χ4n) is 0.440. The van der Waals surface area contributed by atoms with Gasteiger partial charge in [-0.2, -0.15) is 0 Å². The highest BCUT2D eigenvalue weighted by molar-refractivity contribution is 6.29. The van der Waals surface area contributed by atoms with Gasteiger partial charge in [0, 0.05) is 6.42 Å². The van der Waals surface area contributed by atoms with E-state index in [4.69, 9.17) is 6.42 Å². The van der Waals surface area contributed by atoms with Crippen LogP contribution in [-0.4, -0.2) is 18.5 Å². The first-order chi connectivity index (χ1) is 6.22. The van der Waals surface area contributed by atoms with Gasteiger partial charge in [0.2, 0.25) is 0 Å². The number of carbonyl (C=O) groups is 2. The maximum Gasteiger partial charge on any atom is 0.422 e. The van der Waals surface area contributed by atoms with Crippen LogP contribution in [0.5, 0.6) is 0 Å². The summed E-state index contributed by atoms with van der Waals surface area (Å²) in [5.41, 5.74) is 0. The van der Waals surface area contributed by atoms with Gasteiger partial charge in [0.25, 0.3) is 0 Å². The Balaban J connectivity index is 3.71. The van der Waals surface area contributed by atoms with Crippen LogP contribution in [0.25, 0.3) is 0 Å². The SMILES string of the molecule is C#CCCOC(=O)C(=O)OC=CC. The zero-order chi connectivity index (χ0) is 10.1. The molecule has 0 aromatic heterocycles. The smallest absolute Gasteiger partial charge is 0.422 e. The molecule has 0 saturated heterocycles. The molecule has 0 amide bonds. The third-order valence-electron chi connectivity index (χ3n) is 0.957. The van der Waals surface area contributed by atoms with Crippen LogP contribution in [0.15, 0.2) is 12.3 Å². The lowest BCUT2D eigenvalue weighted by molar-refractivity contribution is -0.164. The third-order valence-corrected chi connectivity index (χ3v) is 0.957. The molecule has 4 nitrogen and oxygen atoms in total.